The molecule has 3 N–H and O–H groups in total. The molecule has 1 atom stereocenters. The first kappa shape index (κ1) is 15.4. The summed E-state index contributed by atoms with van der Waals surface area (Å²) in [5.74, 6) is -1.00. The highest BCUT2D eigenvalue weighted by molar-refractivity contribution is 7.13. The van der Waals surface area contributed by atoms with Crippen LogP contribution in [0.5, 0.6) is 0 Å². The zero-order valence-electron chi connectivity index (χ0n) is 11.0. The lowest BCUT2D eigenvalue weighted by Crippen LogP contribution is -2.39. The largest absolute Gasteiger partial charge is 0.477 e. The number of aromatic nitrogens is 1. The summed E-state index contributed by atoms with van der Waals surface area (Å²) in [6.07, 6.45) is -0.0635. The molecule has 2 amide bonds. The molecule has 1 heterocycles. The van der Waals surface area contributed by atoms with Gasteiger partial charge in [0.15, 0.2) is 0 Å². The molecule has 8 heteroatoms. The molecule has 0 radical (unpaired) electrons. The monoisotopic (exact) mass is 287 g/mol. The molecule has 1 unspecified atom stereocenters. The fraction of sp³-hybridized carbons (Fsp3) is 0.545. The van der Waals surface area contributed by atoms with Crippen LogP contribution in [0.15, 0.2) is 0 Å². The van der Waals surface area contributed by atoms with Crippen molar-refractivity contribution in [2.75, 3.05) is 13.7 Å². The quantitative estimate of drug-likeness (QED) is 0.724. The topological polar surface area (TPSA) is 101 Å². The van der Waals surface area contributed by atoms with Crippen LogP contribution >= 0.6 is 11.3 Å². The number of hydrogen-bond acceptors (Lipinski definition) is 5. The average molecular weight is 287 g/mol. The molecule has 0 spiro atoms. The lowest BCUT2D eigenvalue weighted by molar-refractivity contribution is 0.0701. The van der Waals surface area contributed by atoms with Gasteiger partial charge in [-0.05, 0) is 13.8 Å². The van der Waals surface area contributed by atoms with Crippen molar-refractivity contribution in [3.05, 3.63) is 15.6 Å². The predicted octanol–water partition coefficient (Wildman–Crippen LogP) is 0.984. The molecule has 0 aliphatic heterocycles. The zero-order chi connectivity index (χ0) is 14.4. The molecule has 7 nitrogen and oxygen atoms in total. The Morgan fingerprint density at radius 3 is 2.68 bits per heavy atom. The number of aryl methyl sites for hydroxylation is 1. The molecule has 0 aliphatic carbocycles. The Balaban J connectivity index is 2.42. The van der Waals surface area contributed by atoms with Crippen LogP contribution in [0.3, 0.4) is 0 Å². The summed E-state index contributed by atoms with van der Waals surface area (Å²) in [6, 6.07) is -0.339. The van der Waals surface area contributed by atoms with Crippen LogP contribution in [0.1, 0.15) is 27.3 Å². The van der Waals surface area contributed by atoms with E-state index in [1.54, 1.807) is 14.0 Å². The van der Waals surface area contributed by atoms with Crippen molar-refractivity contribution in [2.24, 2.45) is 0 Å². The minimum atomic E-state index is -1.00. The number of urea groups is 1. The van der Waals surface area contributed by atoms with Gasteiger partial charge in [0.1, 0.15) is 9.88 Å². The number of ether oxygens (including phenoxy) is 1. The van der Waals surface area contributed by atoms with Gasteiger partial charge in [0.2, 0.25) is 0 Å². The van der Waals surface area contributed by atoms with E-state index in [9.17, 15) is 9.59 Å². The van der Waals surface area contributed by atoms with Crippen LogP contribution in [0.4, 0.5) is 4.79 Å². The number of rotatable bonds is 6. The van der Waals surface area contributed by atoms with Crippen molar-refractivity contribution >= 4 is 23.3 Å². The van der Waals surface area contributed by atoms with E-state index in [4.69, 9.17) is 9.84 Å². The molecule has 1 aromatic heterocycles. The number of carboxylic acid groups (broad SMARTS) is 1. The maximum absolute atomic E-state index is 11.4. The number of amides is 2. The lowest BCUT2D eigenvalue weighted by atomic mass is 10.4. The van der Waals surface area contributed by atoms with Gasteiger partial charge in [0.25, 0.3) is 0 Å². The fourth-order valence-electron chi connectivity index (χ4n) is 1.26. The molecule has 0 fully saturated rings. The number of nitrogens with one attached hydrogen (secondary N) is 2. The molecule has 1 rings (SSSR count). The molecule has 1 aromatic rings. The number of hydrogen-bond donors (Lipinski definition) is 3. The Morgan fingerprint density at radius 2 is 2.16 bits per heavy atom. The Bertz CT molecular complexity index is 461. The second kappa shape index (κ2) is 7.05. The molecule has 0 bridgehead atoms. The van der Waals surface area contributed by atoms with Crippen LogP contribution < -0.4 is 10.6 Å². The molecule has 19 heavy (non-hydrogen) atoms. The number of nitrogens with zero attached hydrogens (tertiary/aromatic N) is 1. The summed E-state index contributed by atoms with van der Waals surface area (Å²) >= 11 is 1.06. The summed E-state index contributed by atoms with van der Waals surface area (Å²) in [4.78, 5) is 26.6. The minimum absolute atomic E-state index is 0.0635. The number of aromatic carboxylic acids is 1. The second-order valence-corrected chi connectivity index (χ2v) is 5.02. The Hall–Kier alpha value is -1.67. The first-order chi connectivity index (χ1) is 8.93. The molecular formula is C11H17N3O4S. The van der Waals surface area contributed by atoms with Gasteiger partial charge in [-0.15, -0.1) is 11.3 Å². The van der Waals surface area contributed by atoms with Crippen molar-refractivity contribution in [1.82, 2.24) is 15.6 Å². The zero-order valence-corrected chi connectivity index (χ0v) is 11.8. The van der Waals surface area contributed by atoms with E-state index >= 15 is 0 Å². The fourth-order valence-corrected chi connectivity index (χ4v) is 2.11. The van der Waals surface area contributed by atoms with Crippen molar-refractivity contribution in [3.63, 3.8) is 0 Å². The molecule has 0 saturated heterocycles. The van der Waals surface area contributed by atoms with Crippen LogP contribution in [0.2, 0.25) is 0 Å². The van der Waals surface area contributed by atoms with E-state index in [-0.39, 0.29) is 23.6 Å². The normalized spacial score (nSPS) is 11.9. The van der Waals surface area contributed by atoms with Crippen LogP contribution in [0, 0.1) is 6.92 Å². The van der Waals surface area contributed by atoms with Gasteiger partial charge in [-0.25, -0.2) is 14.6 Å². The van der Waals surface area contributed by atoms with E-state index in [1.165, 1.54) is 0 Å². The molecule has 0 aromatic carbocycles. The first-order valence-electron chi connectivity index (χ1n) is 5.68. The Kier molecular flexibility index (Phi) is 5.71. The van der Waals surface area contributed by atoms with Gasteiger partial charge in [0.05, 0.1) is 18.3 Å². The average Bonchev–Trinajstić information content (AvgIpc) is 2.74. The number of thiazole rings is 1. The van der Waals surface area contributed by atoms with Gasteiger partial charge >= 0.3 is 12.0 Å². The first-order valence-corrected chi connectivity index (χ1v) is 6.49. The van der Waals surface area contributed by atoms with Crippen molar-refractivity contribution in [2.45, 2.75) is 26.5 Å². The van der Waals surface area contributed by atoms with E-state index in [0.29, 0.717) is 17.2 Å². The van der Waals surface area contributed by atoms with Gasteiger partial charge in [-0.3, -0.25) is 0 Å². The molecule has 106 valence electrons. The Morgan fingerprint density at radius 1 is 1.47 bits per heavy atom. The maximum Gasteiger partial charge on any atom is 0.347 e. The number of carbonyl (C=O) groups excluding carboxylic acids is 1. The highest BCUT2D eigenvalue weighted by atomic mass is 32.1. The third-order valence-electron chi connectivity index (χ3n) is 2.39. The summed E-state index contributed by atoms with van der Waals surface area (Å²) in [5.41, 5.74) is 0.461. The van der Waals surface area contributed by atoms with Gasteiger partial charge in [0, 0.05) is 13.7 Å². The standard InChI is InChI=1S/C11H17N3O4S/c1-6(18-3)4-12-11(17)13-5-8-14-7(2)9(19-8)10(15)16/h6H,4-5H2,1-3H3,(H,15,16)(H2,12,13,17). The van der Waals surface area contributed by atoms with E-state index in [1.807, 2.05) is 6.92 Å². The van der Waals surface area contributed by atoms with Crippen molar-refractivity contribution in [1.29, 1.82) is 0 Å². The summed E-state index contributed by atoms with van der Waals surface area (Å²) in [7, 11) is 1.57. The van der Waals surface area contributed by atoms with Gasteiger partial charge in [-0.2, -0.15) is 0 Å². The van der Waals surface area contributed by atoms with Crippen LogP contribution in [0.25, 0.3) is 0 Å². The van der Waals surface area contributed by atoms with E-state index in [2.05, 4.69) is 15.6 Å². The molecular weight excluding hydrogens is 270 g/mol. The highest BCUT2D eigenvalue weighted by Crippen LogP contribution is 2.17. The van der Waals surface area contributed by atoms with Crippen LogP contribution in [-0.2, 0) is 11.3 Å². The predicted molar refractivity (Wildman–Crippen MR) is 70.5 cm³/mol. The minimum Gasteiger partial charge on any atom is -0.477 e. The maximum atomic E-state index is 11.4. The lowest BCUT2D eigenvalue weighted by Gasteiger charge is -2.10. The summed E-state index contributed by atoms with van der Waals surface area (Å²) in [5, 5.41) is 14.7. The third kappa shape index (κ3) is 4.84. The van der Waals surface area contributed by atoms with Gasteiger partial charge < -0.3 is 20.5 Å². The van der Waals surface area contributed by atoms with E-state index < -0.39 is 5.97 Å². The number of carbonyl (C=O) groups is 2. The third-order valence-corrected chi connectivity index (χ3v) is 3.53. The smallest absolute Gasteiger partial charge is 0.347 e. The Labute approximate surface area is 115 Å². The second-order valence-electron chi connectivity index (χ2n) is 3.94. The number of carboxylic acids is 1. The van der Waals surface area contributed by atoms with E-state index in [0.717, 1.165) is 11.3 Å². The number of methoxy groups -OCH3 is 1. The van der Waals surface area contributed by atoms with Gasteiger partial charge in [-0.1, -0.05) is 0 Å². The highest BCUT2D eigenvalue weighted by Gasteiger charge is 2.14. The summed E-state index contributed by atoms with van der Waals surface area (Å²) < 4.78 is 4.99. The summed E-state index contributed by atoms with van der Waals surface area (Å²) in [6.45, 7) is 4.07. The van der Waals surface area contributed by atoms with Crippen molar-refractivity contribution < 1.29 is 19.4 Å². The van der Waals surface area contributed by atoms with Crippen molar-refractivity contribution in [3.8, 4) is 0 Å². The SMILES string of the molecule is COC(C)CNC(=O)NCc1nc(C)c(C(=O)O)s1. The van der Waals surface area contributed by atoms with Crippen LogP contribution in [-0.4, -0.2) is 41.8 Å². The molecule has 0 saturated carbocycles. The molecule has 0 aliphatic rings.